The lowest BCUT2D eigenvalue weighted by Crippen LogP contribution is -2.60. The number of likely N-dealkylation sites (tertiary alicyclic amines) is 1. The molecule has 4 unspecified atom stereocenters. The highest BCUT2D eigenvalue weighted by atomic mass is 16.7. The smallest absolute Gasteiger partial charge is 0.261 e. The molecule has 0 aromatic heterocycles. The number of hydrogen-bond acceptors (Lipinski definition) is 5. The molecule has 30 heavy (non-hydrogen) atoms. The van der Waals surface area contributed by atoms with Crippen LogP contribution in [0.15, 0.2) is 29.8 Å². The van der Waals surface area contributed by atoms with Crippen molar-refractivity contribution in [2.75, 3.05) is 33.0 Å². The molecule has 5 aliphatic rings. The summed E-state index contributed by atoms with van der Waals surface area (Å²) in [4.78, 5) is 18.0. The molecule has 3 fully saturated rings. The van der Waals surface area contributed by atoms with Crippen LogP contribution in [-0.4, -0.2) is 60.8 Å². The van der Waals surface area contributed by atoms with Crippen molar-refractivity contribution in [1.29, 1.82) is 0 Å². The number of amides is 1. The van der Waals surface area contributed by atoms with Crippen LogP contribution in [0.5, 0.6) is 17.2 Å². The predicted octanol–water partition coefficient (Wildman–Crippen LogP) is 3.22. The average Bonchev–Trinajstić information content (AvgIpc) is 3.25. The van der Waals surface area contributed by atoms with Gasteiger partial charge in [0.15, 0.2) is 18.1 Å². The Kier molecular flexibility index (Phi) is 4.63. The highest BCUT2D eigenvalue weighted by molar-refractivity contribution is 5.79. The Morgan fingerprint density at radius 1 is 1.13 bits per heavy atom. The molecule has 6 rings (SSSR count). The third-order valence-corrected chi connectivity index (χ3v) is 7.68. The van der Waals surface area contributed by atoms with Gasteiger partial charge in [-0.05, 0) is 62.6 Å². The third kappa shape index (κ3) is 3.16. The lowest BCUT2D eigenvalue weighted by atomic mass is 9.68. The summed E-state index contributed by atoms with van der Waals surface area (Å²) in [7, 11) is 0. The molecule has 0 spiro atoms. The summed E-state index contributed by atoms with van der Waals surface area (Å²) in [5.41, 5.74) is 1.52. The number of nitrogens with zero attached hydrogens (tertiary/aromatic N) is 2. The van der Waals surface area contributed by atoms with Crippen LogP contribution in [0.2, 0.25) is 0 Å². The van der Waals surface area contributed by atoms with Crippen molar-refractivity contribution in [3.63, 3.8) is 0 Å². The van der Waals surface area contributed by atoms with E-state index in [0.717, 1.165) is 37.7 Å². The van der Waals surface area contributed by atoms with E-state index in [1.807, 2.05) is 12.1 Å². The Balaban J connectivity index is 1.17. The molecule has 4 heterocycles. The summed E-state index contributed by atoms with van der Waals surface area (Å²) in [5.74, 6) is 3.42. The fraction of sp³-hybridized carbons (Fsp3) is 0.625. The number of rotatable bonds is 3. The highest BCUT2D eigenvalue weighted by Crippen LogP contribution is 2.45. The number of carbonyl (C=O) groups is 1. The third-order valence-electron chi connectivity index (χ3n) is 7.68. The molecular weight excluding hydrogens is 380 g/mol. The van der Waals surface area contributed by atoms with Crippen molar-refractivity contribution in [3.8, 4) is 17.2 Å². The summed E-state index contributed by atoms with van der Waals surface area (Å²) >= 11 is 0. The first-order chi connectivity index (χ1) is 14.8. The number of piperidine rings is 3. The van der Waals surface area contributed by atoms with Crippen LogP contribution in [0.3, 0.4) is 0 Å². The second-order valence-corrected chi connectivity index (χ2v) is 9.40. The van der Waals surface area contributed by atoms with E-state index in [0.29, 0.717) is 23.3 Å². The molecule has 160 valence electrons. The van der Waals surface area contributed by atoms with E-state index in [1.165, 1.54) is 37.8 Å². The fourth-order valence-corrected chi connectivity index (χ4v) is 6.45. The zero-order valence-corrected chi connectivity index (χ0v) is 17.4. The van der Waals surface area contributed by atoms with Crippen LogP contribution in [0.4, 0.5) is 0 Å². The summed E-state index contributed by atoms with van der Waals surface area (Å²) in [6.07, 6.45) is 10.0. The number of fused-ring (bicyclic) bond motifs is 7. The zero-order chi connectivity index (χ0) is 20.1. The van der Waals surface area contributed by atoms with Gasteiger partial charge in [-0.2, -0.15) is 0 Å². The minimum atomic E-state index is 0.0753. The maximum absolute atomic E-state index is 13.2. The molecule has 0 radical (unpaired) electrons. The van der Waals surface area contributed by atoms with Gasteiger partial charge < -0.3 is 19.1 Å². The first-order valence-corrected chi connectivity index (χ1v) is 11.5. The Hall–Kier alpha value is -2.21. The lowest BCUT2D eigenvalue weighted by Gasteiger charge is -2.54. The Labute approximate surface area is 177 Å². The summed E-state index contributed by atoms with van der Waals surface area (Å²) in [5, 5.41) is 0. The number of ether oxygens (including phenoxy) is 3. The molecule has 0 saturated carbocycles. The zero-order valence-electron chi connectivity index (χ0n) is 17.4. The van der Waals surface area contributed by atoms with Gasteiger partial charge in [0.1, 0.15) is 5.75 Å². The van der Waals surface area contributed by atoms with E-state index in [-0.39, 0.29) is 25.3 Å². The van der Waals surface area contributed by atoms with Crippen LogP contribution in [0.1, 0.15) is 38.5 Å². The minimum absolute atomic E-state index is 0.0753. The van der Waals surface area contributed by atoms with Gasteiger partial charge in [-0.25, -0.2) is 0 Å². The van der Waals surface area contributed by atoms with Gasteiger partial charge in [0.25, 0.3) is 5.91 Å². The number of hydrogen-bond donors (Lipinski definition) is 0. The standard InChI is InChI=1S/C24H30N2O4/c27-23(14-28-19-6-7-21-22(12-19)30-15-29-21)26-9-3-4-16-10-17-11-18(24(16)26)13-25-8-2-1-5-20(17)25/h6-7,10,12,17-18,20,24H,1-5,8-9,11,13-15H2. The van der Waals surface area contributed by atoms with Crippen LogP contribution in [0, 0.1) is 11.8 Å². The number of carbonyl (C=O) groups excluding carboxylic acids is 1. The molecule has 1 aromatic carbocycles. The molecule has 4 atom stereocenters. The summed E-state index contributed by atoms with van der Waals surface area (Å²) in [6.45, 7) is 3.54. The quantitative estimate of drug-likeness (QED) is 0.717. The Morgan fingerprint density at radius 3 is 3.03 bits per heavy atom. The lowest BCUT2D eigenvalue weighted by molar-refractivity contribution is -0.138. The first-order valence-electron chi connectivity index (χ1n) is 11.5. The van der Waals surface area contributed by atoms with Gasteiger partial charge in [-0.1, -0.05) is 18.1 Å². The SMILES string of the molecule is O=C(COc1ccc2c(c1)OCO2)N1CCCC2=CC3CC(CN4CCCCC34)C21. The first kappa shape index (κ1) is 18.6. The van der Waals surface area contributed by atoms with Crippen LogP contribution in [-0.2, 0) is 4.79 Å². The van der Waals surface area contributed by atoms with Crippen molar-refractivity contribution in [2.24, 2.45) is 11.8 Å². The monoisotopic (exact) mass is 410 g/mol. The Morgan fingerprint density at radius 2 is 2.07 bits per heavy atom. The van der Waals surface area contributed by atoms with Gasteiger partial charge in [-0.15, -0.1) is 0 Å². The maximum Gasteiger partial charge on any atom is 0.261 e. The molecule has 2 bridgehead atoms. The molecule has 4 aliphatic heterocycles. The van der Waals surface area contributed by atoms with Gasteiger partial charge in [0.05, 0.1) is 6.04 Å². The van der Waals surface area contributed by atoms with Crippen LogP contribution in [0.25, 0.3) is 0 Å². The van der Waals surface area contributed by atoms with Crippen molar-refractivity contribution < 1.29 is 19.0 Å². The predicted molar refractivity (Wildman–Crippen MR) is 112 cm³/mol. The molecule has 6 heteroatoms. The summed E-state index contributed by atoms with van der Waals surface area (Å²) in [6, 6.07) is 6.49. The second-order valence-electron chi connectivity index (χ2n) is 9.40. The van der Waals surface area contributed by atoms with E-state index in [2.05, 4.69) is 15.9 Å². The van der Waals surface area contributed by atoms with Crippen LogP contribution < -0.4 is 14.2 Å². The maximum atomic E-state index is 13.2. The average molecular weight is 411 g/mol. The van der Waals surface area contributed by atoms with Gasteiger partial charge >= 0.3 is 0 Å². The second kappa shape index (κ2) is 7.49. The van der Waals surface area contributed by atoms with E-state index in [9.17, 15) is 4.79 Å². The van der Waals surface area contributed by atoms with Gasteiger partial charge in [0, 0.05) is 25.2 Å². The van der Waals surface area contributed by atoms with Crippen molar-refractivity contribution in [2.45, 2.75) is 50.6 Å². The van der Waals surface area contributed by atoms with Gasteiger partial charge in [-0.3, -0.25) is 9.69 Å². The molecular formula is C24H30N2O4. The normalized spacial score (nSPS) is 32.1. The summed E-state index contributed by atoms with van der Waals surface area (Å²) < 4.78 is 16.6. The van der Waals surface area contributed by atoms with E-state index in [4.69, 9.17) is 14.2 Å². The molecule has 1 aliphatic carbocycles. The molecule has 1 aromatic rings. The largest absolute Gasteiger partial charge is 0.484 e. The van der Waals surface area contributed by atoms with E-state index >= 15 is 0 Å². The van der Waals surface area contributed by atoms with Crippen molar-refractivity contribution in [3.05, 3.63) is 29.8 Å². The number of benzene rings is 1. The molecule has 0 N–H and O–H groups in total. The van der Waals surface area contributed by atoms with Crippen LogP contribution >= 0.6 is 0 Å². The van der Waals surface area contributed by atoms with Crippen molar-refractivity contribution in [1.82, 2.24) is 9.80 Å². The minimum Gasteiger partial charge on any atom is -0.484 e. The highest BCUT2D eigenvalue weighted by Gasteiger charge is 2.46. The topological polar surface area (TPSA) is 51.2 Å². The van der Waals surface area contributed by atoms with E-state index in [1.54, 1.807) is 6.07 Å². The molecule has 3 saturated heterocycles. The van der Waals surface area contributed by atoms with Crippen molar-refractivity contribution >= 4 is 5.91 Å². The van der Waals surface area contributed by atoms with Gasteiger partial charge in [0.2, 0.25) is 6.79 Å². The van der Waals surface area contributed by atoms with E-state index < -0.39 is 0 Å². The Bertz CT molecular complexity index is 869. The molecule has 6 nitrogen and oxygen atoms in total. The molecule has 1 amide bonds. The fourth-order valence-electron chi connectivity index (χ4n) is 6.45.